The van der Waals surface area contributed by atoms with Crippen molar-refractivity contribution in [2.45, 2.75) is 19.9 Å². The molecule has 1 aliphatic heterocycles. The number of aliphatic hydroxyl groups is 1. The van der Waals surface area contributed by atoms with Crippen LogP contribution < -0.4 is 4.90 Å². The molecular weight excluding hydrogens is 356 g/mol. The number of Topliss-reactive ketones (excluding diaryl/α,β-unsaturated/α-hetero) is 1. The summed E-state index contributed by atoms with van der Waals surface area (Å²) < 4.78 is 5.77. The zero-order valence-electron chi connectivity index (χ0n) is 15.4. The third-order valence-corrected chi connectivity index (χ3v) is 4.80. The van der Waals surface area contributed by atoms with E-state index in [4.69, 9.17) is 4.42 Å². The summed E-state index contributed by atoms with van der Waals surface area (Å²) in [5, 5.41) is 10.9. The van der Waals surface area contributed by atoms with E-state index in [1.165, 1.54) is 17.3 Å². The van der Waals surface area contributed by atoms with Crippen molar-refractivity contribution in [3.05, 3.63) is 89.1 Å². The topological polar surface area (TPSA) is 83.6 Å². The lowest BCUT2D eigenvalue weighted by molar-refractivity contribution is -0.132. The summed E-state index contributed by atoms with van der Waals surface area (Å²) in [5.41, 5.74) is 1.83. The first-order chi connectivity index (χ1) is 13.5. The van der Waals surface area contributed by atoms with Crippen LogP contribution in [0.3, 0.4) is 0 Å². The molecule has 1 aliphatic rings. The minimum atomic E-state index is -0.858. The Balaban J connectivity index is 1.97. The molecule has 1 fully saturated rings. The molecule has 6 heteroatoms. The van der Waals surface area contributed by atoms with Crippen LogP contribution in [0, 0.1) is 13.8 Å². The molecule has 4 rings (SSSR count). The van der Waals surface area contributed by atoms with Crippen molar-refractivity contribution in [2.75, 3.05) is 4.90 Å². The van der Waals surface area contributed by atoms with Crippen LogP contribution in [0.5, 0.6) is 0 Å². The van der Waals surface area contributed by atoms with Crippen LogP contribution in [-0.4, -0.2) is 21.8 Å². The Morgan fingerprint density at radius 2 is 1.75 bits per heavy atom. The molecule has 0 aliphatic carbocycles. The van der Waals surface area contributed by atoms with Crippen molar-refractivity contribution in [2.24, 2.45) is 0 Å². The molecule has 3 aromatic rings. The quantitative estimate of drug-likeness (QED) is 0.427. The van der Waals surface area contributed by atoms with Crippen LogP contribution in [0.2, 0.25) is 0 Å². The number of ketones is 1. The zero-order chi connectivity index (χ0) is 19.8. The molecule has 0 radical (unpaired) electrons. The van der Waals surface area contributed by atoms with Crippen LogP contribution in [0.25, 0.3) is 5.76 Å². The third-order valence-electron chi connectivity index (χ3n) is 4.80. The number of aliphatic hydroxyl groups excluding tert-OH is 1. The van der Waals surface area contributed by atoms with Crippen LogP contribution in [0.4, 0.5) is 5.69 Å². The van der Waals surface area contributed by atoms with Gasteiger partial charge in [0.2, 0.25) is 0 Å². The van der Waals surface area contributed by atoms with Crippen LogP contribution in [-0.2, 0) is 9.59 Å². The summed E-state index contributed by atoms with van der Waals surface area (Å²) in [6, 6.07) is 13.1. The Morgan fingerprint density at radius 3 is 2.39 bits per heavy atom. The highest BCUT2D eigenvalue weighted by atomic mass is 16.3. The lowest BCUT2D eigenvalue weighted by atomic mass is 9.99. The number of amides is 1. The van der Waals surface area contributed by atoms with E-state index in [-0.39, 0.29) is 11.3 Å². The molecule has 1 atom stereocenters. The van der Waals surface area contributed by atoms with Crippen molar-refractivity contribution < 1.29 is 19.1 Å². The van der Waals surface area contributed by atoms with E-state index in [1.807, 2.05) is 19.1 Å². The highest BCUT2D eigenvalue weighted by Crippen LogP contribution is 2.43. The van der Waals surface area contributed by atoms with E-state index in [9.17, 15) is 14.7 Å². The van der Waals surface area contributed by atoms with E-state index >= 15 is 0 Å². The predicted octanol–water partition coefficient (Wildman–Crippen LogP) is 3.92. The Bertz CT molecular complexity index is 1100. The lowest BCUT2D eigenvalue weighted by Gasteiger charge is -2.24. The molecule has 1 amide bonds. The SMILES string of the molecule is Cc1ccc(C2/C(=C(/O)c3ccncc3)C(=O)C(=O)N2c2ccccc2C)o1. The second-order valence-electron chi connectivity index (χ2n) is 6.64. The Hall–Kier alpha value is -3.67. The second kappa shape index (κ2) is 6.81. The minimum Gasteiger partial charge on any atom is -0.507 e. The van der Waals surface area contributed by atoms with Gasteiger partial charge in [0.15, 0.2) is 0 Å². The molecule has 0 spiro atoms. The molecule has 1 unspecified atom stereocenters. The normalized spacial score (nSPS) is 18.6. The van der Waals surface area contributed by atoms with Crippen LogP contribution in [0.15, 0.2) is 70.9 Å². The maximum Gasteiger partial charge on any atom is 0.300 e. The smallest absolute Gasteiger partial charge is 0.300 e. The summed E-state index contributed by atoms with van der Waals surface area (Å²) in [5.74, 6) is -0.652. The van der Waals surface area contributed by atoms with Gasteiger partial charge in [0.25, 0.3) is 11.7 Å². The predicted molar refractivity (Wildman–Crippen MR) is 104 cm³/mol. The first-order valence-corrected chi connectivity index (χ1v) is 8.82. The van der Waals surface area contributed by atoms with Gasteiger partial charge in [-0.2, -0.15) is 0 Å². The molecule has 3 heterocycles. The number of anilines is 1. The number of carbonyl (C=O) groups is 2. The number of benzene rings is 1. The van der Waals surface area contributed by atoms with Crippen LogP contribution >= 0.6 is 0 Å². The van der Waals surface area contributed by atoms with Crippen molar-refractivity contribution >= 4 is 23.1 Å². The fraction of sp³-hybridized carbons (Fsp3) is 0.136. The highest BCUT2D eigenvalue weighted by Gasteiger charge is 2.48. The Labute approximate surface area is 161 Å². The number of furan rings is 1. The average Bonchev–Trinajstić information content (AvgIpc) is 3.24. The Morgan fingerprint density at radius 1 is 1.04 bits per heavy atom. The van der Waals surface area contributed by atoms with Crippen molar-refractivity contribution in [1.29, 1.82) is 0 Å². The first-order valence-electron chi connectivity index (χ1n) is 8.82. The minimum absolute atomic E-state index is 0.00574. The maximum atomic E-state index is 13.0. The molecule has 1 N–H and O–H groups in total. The number of nitrogens with zero attached hydrogens (tertiary/aromatic N) is 2. The second-order valence-corrected chi connectivity index (χ2v) is 6.64. The zero-order valence-corrected chi connectivity index (χ0v) is 15.4. The Kier molecular flexibility index (Phi) is 4.31. The van der Waals surface area contributed by atoms with Gasteiger partial charge in [0.05, 0.1) is 5.57 Å². The van der Waals surface area contributed by atoms with Gasteiger partial charge in [0.1, 0.15) is 23.3 Å². The van der Waals surface area contributed by atoms with Gasteiger partial charge in [-0.25, -0.2) is 0 Å². The molecular formula is C22H18N2O4. The average molecular weight is 374 g/mol. The van der Waals surface area contributed by atoms with Gasteiger partial charge < -0.3 is 9.52 Å². The maximum absolute atomic E-state index is 13.0. The fourth-order valence-corrected chi connectivity index (χ4v) is 3.45. The van der Waals surface area contributed by atoms with Crippen molar-refractivity contribution in [3.8, 4) is 0 Å². The number of pyridine rings is 1. The summed E-state index contributed by atoms with van der Waals surface area (Å²) >= 11 is 0. The molecule has 140 valence electrons. The number of hydrogen-bond acceptors (Lipinski definition) is 5. The molecule has 1 saturated heterocycles. The summed E-state index contributed by atoms with van der Waals surface area (Å²) in [6.07, 6.45) is 3.02. The third kappa shape index (κ3) is 2.79. The summed E-state index contributed by atoms with van der Waals surface area (Å²) in [6.45, 7) is 3.65. The van der Waals surface area contributed by atoms with Gasteiger partial charge in [-0.05, 0) is 49.7 Å². The van der Waals surface area contributed by atoms with E-state index in [1.54, 1.807) is 43.3 Å². The largest absolute Gasteiger partial charge is 0.507 e. The number of aromatic nitrogens is 1. The van der Waals surface area contributed by atoms with Crippen LogP contribution in [0.1, 0.15) is 28.7 Å². The van der Waals surface area contributed by atoms with Gasteiger partial charge in [0, 0.05) is 23.6 Å². The molecule has 0 bridgehead atoms. The van der Waals surface area contributed by atoms with E-state index < -0.39 is 17.7 Å². The van der Waals surface area contributed by atoms with Gasteiger partial charge in [-0.1, -0.05) is 18.2 Å². The highest BCUT2D eigenvalue weighted by molar-refractivity contribution is 6.51. The molecule has 2 aromatic heterocycles. The number of rotatable bonds is 3. The summed E-state index contributed by atoms with van der Waals surface area (Å²) in [4.78, 5) is 31.2. The monoisotopic (exact) mass is 374 g/mol. The van der Waals surface area contributed by atoms with Crippen molar-refractivity contribution in [1.82, 2.24) is 4.98 Å². The number of carbonyl (C=O) groups excluding carboxylic acids is 2. The molecule has 28 heavy (non-hydrogen) atoms. The number of hydrogen-bond donors (Lipinski definition) is 1. The van der Waals surface area contributed by atoms with Gasteiger partial charge in [-0.15, -0.1) is 0 Å². The van der Waals surface area contributed by atoms with Gasteiger partial charge in [-0.3, -0.25) is 19.5 Å². The van der Waals surface area contributed by atoms with Crippen molar-refractivity contribution in [3.63, 3.8) is 0 Å². The standard InChI is InChI=1S/C22H18N2O4/c1-13-5-3-4-6-16(13)24-19(17-8-7-14(2)28-17)18(21(26)22(24)27)20(25)15-9-11-23-12-10-15/h3-12,19,25H,1-2H3/b20-18-. The molecule has 6 nitrogen and oxygen atoms in total. The summed E-state index contributed by atoms with van der Waals surface area (Å²) in [7, 11) is 0. The van der Waals surface area contributed by atoms with E-state index in [2.05, 4.69) is 4.98 Å². The number of para-hydroxylation sites is 1. The number of aryl methyl sites for hydroxylation is 2. The lowest BCUT2D eigenvalue weighted by Crippen LogP contribution is -2.29. The van der Waals surface area contributed by atoms with E-state index in [0.29, 0.717) is 22.8 Å². The molecule has 0 saturated carbocycles. The van der Waals surface area contributed by atoms with E-state index in [0.717, 1.165) is 5.56 Å². The first kappa shape index (κ1) is 17.7. The van der Waals surface area contributed by atoms with Gasteiger partial charge >= 0.3 is 0 Å². The fourth-order valence-electron chi connectivity index (χ4n) is 3.45. The molecule has 1 aromatic carbocycles.